The third-order valence-corrected chi connectivity index (χ3v) is 7.22. The average Bonchev–Trinajstić information content (AvgIpc) is 2.78. The van der Waals surface area contributed by atoms with E-state index in [1.165, 1.54) is 0 Å². The summed E-state index contributed by atoms with van der Waals surface area (Å²) in [5.74, 6) is 1.34. The number of amides is 2. The molecule has 170 valence electrons. The highest BCUT2D eigenvalue weighted by Gasteiger charge is 2.42. The molecule has 1 aliphatic heterocycles. The van der Waals surface area contributed by atoms with E-state index in [1.807, 2.05) is 43.1 Å². The Bertz CT molecular complexity index is 828. The van der Waals surface area contributed by atoms with Crippen molar-refractivity contribution in [3.8, 4) is 11.5 Å². The molecule has 1 aliphatic carbocycles. The second-order valence-corrected chi connectivity index (χ2v) is 9.07. The van der Waals surface area contributed by atoms with Gasteiger partial charge < -0.3 is 24.4 Å². The van der Waals surface area contributed by atoms with Crippen molar-refractivity contribution >= 4 is 29.7 Å². The number of nitrogens with zero attached hydrogens (tertiary/aromatic N) is 1. The number of rotatable bonds is 8. The summed E-state index contributed by atoms with van der Waals surface area (Å²) in [6.07, 6.45) is 4.35. The number of thioether (sulfide) groups is 1. The molecule has 1 N–H and O–H groups in total. The Labute approximate surface area is 188 Å². The number of hydrogen-bond acceptors (Lipinski definition) is 6. The summed E-state index contributed by atoms with van der Waals surface area (Å²) in [5, 5.41) is 3.23. The predicted octanol–water partition coefficient (Wildman–Crippen LogP) is 2.94. The molecule has 3 rings (SSSR count). The average molecular weight is 449 g/mol. The second kappa shape index (κ2) is 10.9. The van der Waals surface area contributed by atoms with Gasteiger partial charge in [-0.1, -0.05) is 6.07 Å². The van der Waals surface area contributed by atoms with Crippen LogP contribution in [0.15, 0.2) is 23.1 Å². The molecule has 8 heteroatoms. The fourth-order valence-electron chi connectivity index (χ4n) is 4.16. The van der Waals surface area contributed by atoms with Crippen LogP contribution in [0.3, 0.4) is 0 Å². The molecule has 1 heterocycles. The van der Waals surface area contributed by atoms with E-state index < -0.39 is 0 Å². The van der Waals surface area contributed by atoms with E-state index in [9.17, 15) is 9.59 Å². The molecular weight excluding hydrogens is 416 g/mol. The van der Waals surface area contributed by atoms with Crippen LogP contribution in [0, 0.1) is 5.92 Å². The predicted molar refractivity (Wildman–Crippen MR) is 122 cm³/mol. The second-order valence-electron chi connectivity index (χ2n) is 7.79. The maximum absolute atomic E-state index is 13.1. The molecule has 2 amide bonds. The molecule has 7 nitrogen and oxygen atoms in total. The summed E-state index contributed by atoms with van der Waals surface area (Å²) < 4.78 is 16.0. The first-order chi connectivity index (χ1) is 15.0. The van der Waals surface area contributed by atoms with Crippen molar-refractivity contribution in [2.24, 2.45) is 5.92 Å². The Morgan fingerprint density at radius 1 is 1.29 bits per heavy atom. The zero-order chi connectivity index (χ0) is 22.4. The van der Waals surface area contributed by atoms with Gasteiger partial charge in [-0.15, -0.1) is 11.8 Å². The van der Waals surface area contributed by atoms with Crippen LogP contribution < -0.4 is 14.8 Å². The SMILES string of the molecule is CCOc1ccc(/C=C2/SC3CCC(C(=O)NCCOC)CC3N(C)C2=O)cc1OC. The van der Waals surface area contributed by atoms with Crippen LogP contribution in [-0.2, 0) is 14.3 Å². The van der Waals surface area contributed by atoms with Gasteiger partial charge in [-0.05, 0) is 50.0 Å². The number of methoxy groups -OCH3 is 2. The molecular formula is C23H32N2O5S. The number of likely N-dealkylation sites (N-methyl/N-ethyl adjacent to an activating group) is 1. The lowest BCUT2D eigenvalue weighted by atomic mass is 9.83. The number of carbonyl (C=O) groups excluding carboxylic acids is 2. The topological polar surface area (TPSA) is 77.1 Å². The third-order valence-electron chi connectivity index (χ3n) is 5.82. The van der Waals surface area contributed by atoms with Crippen molar-refractivity contribution in [1.82, 2.24) is 10.2 Å². The summed E-state index contributed by atoms with van der Waals surface area (Å²) in [4.78, 5) is 28.1. The van der Waals surface area contributed by atoms with Crippen LogP contribution in [0.25, 0.3) is 6.08 Å². The highest BCUT2D eigenvalue weighted by molar-refractivity contribution is 8.04. The fourth-order valence-corrected chi connectivity index (χ4v) is 5.64. The van der Waals surface area contributed by atoms with Crippen LogP contribution in [0.1, 0.15) is 31.7 Å². The van der Waals surface area contributed by atoms with Crippen molar-refractivity contribution in [2.45, 2.75) is 37.5 Å². The van der Waals surface area contributed by atoms with Gasteiger partial charge in [0.05, 0.1) is 25.2 Å². The molecule has 1 aromatic carbocycles. The van der Waals surface area contributed by atoms with Crippen molar-refractivity contribution in [3.63, 3.8) is 0 Å². The van der Waals surface area contributed by atoms with Crippen LogP contribution in [0.4, 0.5) is 0 Å². The number of carbonyl (C=O) groups is 2. The number of hydrogen-bond donors (Lipinski definition) is 1. The maximum Gasteiger partial charge on any atom is 0.260 e. The smallest absolute Gasteiger partial charge is 0.260 e. The molecule has 1 saturated heterocycles. The first kappa shape index (κ1) is 23.5. The molecule has 3 atom stereocenters. The van der Waals surface area contributed by atoms with Gasteiger partial charge in [-0.2, -0.15) is 0 Å². The minimum atomic E-state index is -0.0603. The Balaban J connectivity index is 1.70. The van der Waals surface area contributed by atoms with E-state index in [0.29, 0.717) is 42.9 Å². The molecule has 2 aliphatic rings. The first-order valence-electron chi connectivity index (χ1n) is 10.7. The Morgan fingerprint density at radius 2 is 2.10 bits per heavy atom. The number of nitrogens with one attached hydrogen (secondary N) is 1. The van der Waals surface area contributed by atoms with Crippen LogP contribution in [0.2, 0.25) is 0 Å². The van der Waals surface area contributed by atoms with E-state index in [0.717, 1.165) is 23.3 Å². The minimum absolute atomic E-state index is 0.000423. The van der Waals surface area contributed by atoms with Gasteiger partial charge in [0, 0.05) is 37.9 Å². The van der Waals surface area contributed by atoms with Crippen molar-refractivity contribution in [2.75, 3.05) is 41.0 Å². The first-order valence-corrected chi connectivity index (χ1v) is 11.6. The fraction of sp³-hybridized carbons (Fsp3) is 0.565. The molecule has 0 spiro atoms. The number of benzene rings is 1. The Hall–Kier alpha value is -2.19. The Morgan fingerprint density at radius 3 is 2.81 bits per heavy atom. The maximum atomic E-state index is 13.1. The molecule has 3 unspecified atom stereocenters. The zero-order valence-corrected chi connectivity index (χ0v) is 19.5. The standard InChI is InChI=1S/C23H32N2O5S/c1-5-30-18-8-6-15(12-19(18)29-4)13-21-23(27)25(2)17-14-16(7-9-20(17)31-21)22(26)24-10-11-28-3/h6,8,12-13,16-17,20H,5,7,9-11,14H2,1-4H3,(H,24,26)/b21-13+. The number of fused-ring (bicyclic) bond motifs is 1. The van der Waals surface area contributed by atoms with Gasteiger partial charge in [-0.3, -0.25) is 9.59 Å². The van der Waals surface area contributed by atoms with Gasteiger partial charge in [0.2, 0.25) is 5.91 Å². The number of ether oxygens (including phenoxy) is 3. The van der Waals surface area contributed by atoms with Gasteiger partial charge in [0.25, 0.3) is 5.91 Å². The summed E-state index contributed by atoms with van der Waals surface area (Å²) in [7, 11) is 5.07. The molecule has 2 fully saturated rings. The van der Waals surface area contributed by atoms with Gasteiger partial charge >= 0.3 is 0 Å². The van der Waals surface area contributed by atoms with E-state index in [4.69, 9.17) is 14.2 Å². The van der Waals surface area contributed by atoms with E-state index >= 15 is 0 Å². The minimum Gasteiger partial charge on any atom is -0.493 e. The molecule has 0 radical (unpaired) electrons. The lowest BCUT2D eigenvalue weighted by Gasteiger charge is -2.44. The molecule has 1 aromatic rings. The van der Waals surface area contributed by atoms with Crippen molar-refractivity contribution in [3.05, 3.63) is 28.7 Å². The lowest BCUT2D eigenvalue weighted by molar-refractivity contribution is -0.132. The highest BCUT2D eigenvalue weighted by Crippen LogP contribution is 2.43. The highest BCUT2D eigenvalue weighted by atomic mass is 32.2. The van der Waals surface area contributed by atoms with E-state index in [1.54, 1.807) is 26.0 Å². The normalized spacial score (nSPS) is 24.6. The van der Waals surface area contributed by atoms with Crippen molar-refractivity contribution < 1.29 is 23.8 Å². The van der Waals surface area contributed by atoms with Gasteiger partial charge in [-0.25, -0.2) is 0 Å². The summed E-state index contributed by atoms with van der Waals surface area (Å²) in [6, 6.07) is 5.75. The summed E-state index contributed by atoms with van der Waals surface area (Å²) >= 11 is 1.63. The van der Waals surface area contributed by atoms with Crippen LogP contribution in [-0.4, -0.2) is 69.0 Å². The monoisotopic (exact) mass is 448 g/mol. The van der Waals surface area contributed by atoms with Gasteiger partial charge in [0.1, 0.15) is 0 Å². The van der Waals surface area contributed by atoms with Crippen LogP contribution >= 0.6 is 11.8 Å². The zero-order valence-electron chi connectivity index (χ0n) is 18.7. The third kappa shape index (κ3) is 5.54. The summed E-state index contributed by atoms with van der Waals surface area (Å²) in [5.41, 5.74) is 0.897. The lowest BCUT2D eigenvalue weighted by Crippen LogP contribution is -2.52. The largest absolute Gasteiger partial charge is 0.493 e. The molecule has 0 aromatic heterocycles. The van der Waals surface area contributed by atoms with E-state index in [2.05, 4.69) is 5.32 Å². The quantitative estimate of drug-likeness (QED) is 0.487. The van der Waals surface area contributed by atoms with Crippen molar-refractivity contribution in [1.29, 1.82) is 0 Å². The Kier molecular flexibility index (Phi) is 8.26. The molecule has 1 saturated carbocycles. The molecule has 0 bridgehead atoms. The molecule has 31 heavy (non-hydrogen) atoms. The van der Waals surface area contributed by atoms with E-state index in [-0.39, 0.29) is 23.8 Å². The van der Waals surface area contributed by atoms with Crippen LogP contribution in [0.5, 0.6) is 11.5 Å². The van der Waals surface area contributed by atoms with Gasteiger partial charge in [0.15, 0.2) is 11.5 Å². The summed E-state index contributed by atoms with van der Waals surface area (Å²) in [6.45, 7) is 3.51.